The van der Waals surface area contributed by atoms with Gasteiger partial charge in [0.05, 0.1) is 5.92 Å². The average Bonchev–Trinajstić information content (AvgIpc) is 2.13. The molecule has 1 atom stereocenters. The zero-order valence-corrected chi connectivity index (χ0v) is 8.70. The van der Waals surface area contributed by atoms with Crippen molar-refractivity contribution in [1.82, 2.24) is 4.90 Å². The number of likely N-dealkylation sites (tertiary alicyclic amines) is 1. The Morgan fingerprint density at radius 2 is 2.27 bits per heavy atom. The number of amides is 1. The maximum atomic E-state index is 10.8. The van der Waals surface area contributed by atoms with E-state index >= 15 is 0 Å². The molecule has 1 heterocycles. The Bertz CT molecular complexity index is 183. The van der Waals surface area contributed by atoms with Gasteiger partial charge in [-0.2, -0.15) is 0 Å². The number of hydrogen-bond donors (Lipinski definition) is 1. The number of carbonyl (C=O) groups excluding carboxylic acids is 1. The van der Waals surface area contributed by atoms with Crippen LogP contribution in [0.4, 0.5) is 0 Å². The molecule has 0 spiro atoms. The summed E-state index contributed by atoms with van der Waals surface area (Å²) in [5, 5.41) is 8.47. The Morgan fingerprint density at radius 1 is 1.73 bits per heavy atom. The van der Waals surface area contributed by atoms with Crippen LogP contribution < -0.4 is 0 Å². The van der Waals surface area contributed by atoms with Gasteiger partial charge in [0.2, 0.25) is 5.91 Å². The first kappa shape index (κ1) is 10.9. The number of hydrogen-bond acceptors (Lipinski definition) is 2. The molecular formula is C6H9NNaO3. The molecule has 1 radical (unpaired) electrons. The maximum Gasteiger partial charge on any atom is 0.308 e. The van der Waals surface area contributed by atoms with Gasteiger partial charge in [-0.05, 0) is 0 Å². The Hall–Kier alpha value is -0.0600. The molecule has 1 amide bonds. The van der Waals surface area contributed by atoms with Gasteiger partial charge in [-0.1, -0.05) is 0 Å². The van der Waals surface area contributed by atoms with Gasteiger partial charge >= 0.3 is 5.97 Å². The van der Waals surface area contributed by atoms with Crippen LogP contribution in [0, 0.1) is 5.92 Å². The van der Waals surface area contributed by atoms with E-state index in [1.807, 2.05) is 0 Å². The zero-order valence-electron chi connectivity index (χ0n) is 6.70. The number of aliphatic carboxylic acids is 1. The topological polar surface area (TPSA) is 57.6 Å². The van der Waals surface area contributed by atoms with Crippen molar-refractivity contribution in [3.05, 3.63) is 0 Å². The van der Waals surface area contributed by atoms with Crippen molar-refractivity contribution in [2.75, 3.05) is 13.6 Å². The summed E-state index contributed by atoms with van der Waals surface area (Å²) < 4.78 is 0. The van der Waals surface area contributed by atoms with E-state index < -0.39 is 11.9 Å². The van der Waals surface area contributed by atoms with Crippen LogP contribution in [0.5, 0.6) is 0 Å². The van der Waals surface area contributed by atoms with Crippen LogP contribution in [-0.2, 0) is 9.59 Å². The third kappa shape index (κ3) is 2.47. The van der Waals surface area contributed by atoms with E-state index in [9.17, 15) is 9.59 Å². The molecular weight excluding hydrogens is 157 g/mol. The molecule has 1 N–H and O–H groups in total. The smallest absolute Gasteiger partial charge is 0.308 e. The summed E-state index contributed by atoms with van der Waals surface area (Å²) in [6.07, 6.45) is 0.159. The van der Waals surface area contributed by atoms with Gasteiger partial charge in [0.15, 0.2) is 0 Å². The number of carbonyl (C=O) groups is 2. The van der Waals surface area contributed by atoms with Crippen molar-refractivity contribution in [3.63, 3.8) is 0 Å². The average molecular weight is 166 g/mol. The SMILES string of the molecule is CN1CC(C(=O)O)CC1=O.[Na]. The summed E-state index contributed by atoms with van der Waals surface area (Å²) in [7, 11) is 1.62. The fourth-order valence-corrected chi connectivity index (χ4v) is 1.03. The molecule has 1 unspecified atom stereocenters. The number of carboxylic acid groups (broad SMARTS) is 1. The van der Waals surface area contributed by atoms with E-state index in [4.69, 9.17) is 5.11 Å². The zero-order chi connectivity index (χ0) is 7.72. The fraction of sp³-hybridized carbons (Fsp3) is 0.667. The Balaban J connectivity index is 0.000001000. The predicted octanol–water partition coefficient (Wildman–Crippen LogP) is -0.832. The standard InChI is InChI=1S/C6H9NO3.Na/c1-7-3-4(6(9)10)2-5(7)8;/h4H,2-3H2,1H3,(H,9,10);. The minimum atomic E-state index is -0.877. The second-order valence-corrected chi connectivity index (χ2v) is 2.51. The molecule has 1 rings (SSSR count). The number of rotatable bonds is 1. The molecule has 1 aliphatic heterocycles. The first-order chi connectivity index (χ1) is 4.61. The van der Waals surface area contributed by atoms with E-state index in [1.54, 1.807) is 7.05 Å². The third-order valence-corrected chi connectivity index (χ3v) is 1.69. The van der Waals surface area contributed by atoms with E-state index in [-0.39, 0.29) is 41.9 Å². The van der Waals surface area contributed by atoms with Gasteiger partial charge in [0.1, 0.15) is 0 Å². The normalized spacial score (nSPS) is 23.2. The van der Waals surface area contributed by atoms with Crippen LogP contribution in [0.3, 0.4) is 0 Å². The van der Waals surface area contributed by atoms with Crippen LogP contribution in [0.1, 0.15) is 6.42 Å². The number of carboxylic acids is 1. The minimum absolute atomic E-state index is 0. The van der Waals surface area contributed by atoms with Gasteiger partial charge in [-0.15, -0.1) is 0 Å². The summed E-state index contributed by atoms with van der Waals surface area (Å²) >= 11 is 0. The van der Waals surface area contributed by atoms with Gasteiger partial charge in [-0.3, -0.25) is 9.59 Å². The second kappa shape index (κ2) is 4.09. The van der Waals surface area contributed by atoms with Crippen molar-refractivity contribution in [1.29, 1.82) is 0 Å². The molecule has 0 aromatic rings. The fourth-order valence-electron chi connectivity index (χ4n) is 1.03. The Labute approximate surface area is 86.8 Å². The van der Waals surface area contributed by atoms with Crippen molar-refractivity contribution >= 4 is 41.4 Å². The first-order valence-electron chi connectivity index (χ1n) is 3.08. The van der Waals surface area contributed by atoms with E-state index in [2.05, 4.69) is 0 Å². The van der Waals surface area contributed by atoms with Gasteiger partial charge in [0, 0.05) is 49.6 Å². The maximum absolute atomic E-state index is 10.8. The molecule has 1 aliphatic rings. The second-order valence-electron chi connectivity index (χ2n) is 2.51. The van der Waals surface area contributed by atoms with Crippen molar-refractivity contribution in [2.45, 2.75) is 6.42 Å². The Kier molecular flexibility index (Phi) is 4.07. The van der Waals surface area contributed by atoms with E-state index in [0.29, 0.717) is 6.54 Å². The summed E-state index contributed by atoms with van der Waals surface area (Å²) in [5.74, 6) is -1.44. The van der Waals surface area contributed by atoms with Crippen molar-refractivity contribution in [3.8, 4) is 0 Å². The Morgan fingerprint density at radius 3 is 2.45 bits per heavy atom. The van der Waals surface area contributed by atoms with Crippen LogP contribution in [0.15, 0.2) is 0 Å². The third-order valence-electron chi connectivity index (χ3n) is 1.69. The van der Waals surface area contributed by atoms with Gasteiger partial charge < -0.3 is 10.0 Å². The molecule has 0 bridgehead atoms. The minimum Gasteiger partial charge on any atom is -0.481 e. The molecule has 0 aliphatic carbocycles. The quantitative estimate of drug-likeness (QED) is 0.517. The molecule has 57 valence electrons. The van der Waals surface area contributed by atoms with Crippen molar-refractivity contribution in [2.24, 2.45) is 5.92 Å². The van der Waals surface area contributed by atoms with Crippen molar-refractivity contribution < 1.29 is 14.7 Å². The summed E-state index contributed by atoms with van der Waals surface area (Å²) in [4.78, 5) is 22.5. The molecule has 0 aromatic carbocycles. The molecule has 1 fully saturated rings. The van der Waals surface area contributed by atoms with Crippen LogP contribution >= 0.6 is 0 Å². The largest absolute Gasteiger partial charge is 0.481 e. The first-order valence-corrected chi connectivity index (χ1v) is 3.08. The molecule has 0 saturated carbocycles. The van der Waals surface area contributed by atoms with Crippen LogP contribution in [0.25, 0.3) is 0 Å². The van der Waals surface area contributed by atoms with Gasteiger partial charge in [0.25, 0.3) is 0 Å². The number of nitrogens with zero attached hydrogens (tertiary/aromatic N) is 1. The van der Waals surface area contributed by atoms with Crippen LogP contribution in [-0.4, -0.2) is 65.0 Å². The predicted molar refractivity (Wildman–Crippen MR) is 39.1 cm³/mol. The van der Waals surface area contributed by atoms with E-state index in [0.717, 1.165) is 0 Å². The van der Waals surface area contributed by atoms with Crippen LogP contribution in [0.2, 0.25) is 0 Å². The molecule has 0 aromatic heterocycles. The summed E-state index contributed by atoms with van der Waals surface area (Å²) in [6, 6.07) is 0. The molecule has 5 heteroatoms. The summed E-state index contributed by atoms with van der Waals surface area (Å²) in [6.45, 7) is 0.355. The molecule has 4 nitrogen and oxygen atoms in total. The molecule has 1 saturated heterocycles. The molecule has 11 heavy (non-hydrogen) atoms. The van der Waals surface area contributed by atoms with E-state index in [1.165, 1.54) is 4.90 Å². The summed E-state index contributed by atoms with van der Waals surface area (Å²) in [5.41, 5.74) is 0. The van der Waals surface area contributed by atoms with Gasteiger partial charge in [-0.25, -0.2) is 0 Å². The monoisotopic (exact) mass is 166 g/mol.